The van der Waals surface area contributed by atoms with Gasteiger partial charge in [-0.05, 0) is 47.0 Å². The molecule has 9 nitrogen and oxygen atoms in total. The second-order valence-electron chi connectivity index (χ2n) is 6.37. The molecule has 0 radical (unpaired) electrons. The predicted octanol–water partition coefficient (Wildman–Crippen LogP) is 1.96. The maximum absolute atomic E-state index is 12.7. The van der Waals surface area contributed by atoms with Crippen LogP contribution in [0.4, 0.5) is 5.69 Å². The molecule has 1 aliphatic heterocycles. The average molecular weight is 398 g/mol. The molecule has 2 amide bonds. The number of likely N-dealkylation sites (tertiary alicyclic amines) is 1. The molecule has 144 valence electrons. The van der Waals surface area contributed by atoms with Gasteiger partial charge >= 0.3 is 0 Å². The van der Waals surface area contributed by atoms with E-state index in [1.165, 1.54) is 11.8 Å². The van der Waals surface area contributed by atoms with E-state index in [-0.39, 0.29) is 18.2 Å². The Hall–Kier alpha value is -3.14. The van der Waals surface area contributed by atoms with Gasteiger partial charge in [0.05, 0.1) is 24.4 Å². The van der Waals surface area contributed by atoms with Crippen molar-refractivity contribution >= 4 is 29.3 Å². The fourth-order valence-electron chi connectivity index (χ4n) is 3.12. The summed E-state index contributed by atoms with van der Waals surface area (Å²) in [4.78, 5) is 26.5. The summed E-state index contributed by atoms with van der Waals surface area (Å²) >= 11 is 1.43. The highest BCUT2D eigenvalue weighted by Crippen LogP contribution is 2.23. The van der Waals surface area contributed by atoms with E-state index in [0.717, 1.165) is 5.69 Å². The lowest BCUT2D eigenvalue weighted by Gasteiger charge is -2.15. The van der Waals surface area contributed by atoms with E-state index in [0.29, 0.717) is 29.7 Å². The number of carbonyl (C=O) groups excluding carboxylic acids is 2. The normalized spacial score (nSPS) is 16.5. The van der Waals surface area contributed by atoms with Crippen LogP contribution in [-0.4, -0.2) is 49.7 Å². The number of amides is 2. The van der Waals surface area contributed by atoms with Crippen LogP contribution in [0.1, 0.15) is 12.2 Å². The molecule has 3 heterocycles. The first-order chi connectivity index (χ1) is 13.6. The topological polar surface area (TPSA) is 106 Å². The highest BCUT2D eigenvalue weighted by atomic mass is 32.2. The largest absolute Gasteiger partial charge is 0.467 e. The van der Waals surface area contributed by atoms with Crippen LogP contribution < -0.4 is 5.32 Å². The van der Waals surface area contributed by atoms with Crippen molar-refractivity contribution in [1.82, 2.24) is 25.1 Å². The average Bonchev–Trinajstić information content (AvgIpc) is 3.44. The Morgan fingerprint density at radius 1 is 1.36 bits per heavy atom. The van der Waals surface area contributed by atoms with Gasteiger partial charge in [-0.15, -0.1) is 5.10 Å². The maximum atomic E-state index is 12.7. The standard InChI is InChI=1S/C18H18N6O3S/c1-28-18-20-21-22-24(18)14-5-2-4-13(9-14)19-17(26)12-8-16(25)23(10-12)11-15-6-3-7-27-15/h2-7,9,12H,8,10-11H2,1H3,(H,19,26). The molecule has 1 unspecified atom stereocenters. The molecule has 28 heavy (non-hydrogen) atoms. The van der Waals surface area contributed by atoms with Crippen molar-refractivity contribution in [3.8, 4) is 5.69 Å². The Kier molecular flexibility index (Phi) is 5.11. The van der Waals surface area contributed by atoms with Gasteiger partial charge < -0.3 is 14.6 Å². The van der Waals surface area contributed by atoms with Crippen LogP contribution in [-0.2, 0) is 16.1 Å². The van der Waals surface area contributed by atoms with Crippen molar-refractivity contribution in [2.45, 2.75) is 18.1 Å². The van der Waals surface area contributed by atoms with Gasteiger partial charge in [0.25, 0.3) is 0 Å². The molecular weight excluding hydrogens is 380 g/mol. The summed E-state index contributed by atoms with van der Waals surface area (Å²) in [5, 5.41) is 15.1. The minimum Gasteiger partial charge on any atom is -0.467 e. The molecule has 0 aliphatic carbocycles. The number of hydrogen-bond acceptors (Lipinski definition) is 7. The minimum atomic E-state index is -0.402. The molecule has 0 bridgehead atoms. The Morgan fingerprint density at radius 2 is 2.25 bits per heavy atom. The molecule has 1 aliphatic rings. The number of nitrogens with zero attached hydrogens (tertiary/aromatic N) is 5. The molecule has 4 rings (SSSR count). The van der Waals surface area contributed by atoms with Crippen molar-refractivity contribution in [2.75, 3.05) is 18.1 Å². The van der Waals surface area contributed by atoms with E-state index >= 15 is 0 Å². The van der Waals surface area contributed by atoms with Gasteiger partial charge in [0.2, 0.25) is 17.0 Å². The van der Waals surface area contributed by atoms with Crippen LogP contribution in [0.5, 0.6) is 0 Å². The lowest BCUT2D eigenvalue weighted by Crippen LogP contribution is -2.27. The molecule has 0 saturated carbocycles. The number of anilines is 1. The summed E-state index contributed by atoms with van der Waals surface area (Å²) < 4.78 is 6.89. The maximum Gasteiger partial charge on any atom is 0.229 e. The first-order valence-electron chi connectivity index (χ1n) is 8.68. The van der Waals surface area contributed by atoms with Gasteiger partial charge in [-0.3, -0.25) is 9.59 Å². The smallest absolute Gasteiger partial charge is 0.229 e. The van der Waals surface area contributed by atoms with Crippen LogP contribution in [0, 0.1) is 5.92 Å². The fraction of sp³-hybridized carbons (Fsp3) is 0.278. The minimum absolute atomic E-state index is 0.0522. The zero-order valence-electron chi connectivity index (χ0n) is 15.1. The summed E-state index contributed by atoms with van der Waals surface area (Å²) in [5.41, 5.74) is 1.37. The number of nitrogens with one attached hydrogen (secondary N) is 1. The predicted molar refractivity (Wildman–Crippen MR) is 102 cm³/mol. The molecule has 1 fully saturated rings. The van der Waals surface area contributed by atoms with E-state index < -0.39 is 5.92 Å². The van der Waals surface area contributed by atoms with Crippen LogP contribution in [0.2, 0.25) is 0 Å². The molecule has 3 aromatic rings. The zero-order chi connectivity index (χ0) is 19.5. The van der Waals surface area contributed by atoms with Gasteiger partial charge in [0.1, 0.15) is 5.76 Å². The SMILES string of the molecule is CSc1nnnn1-c1cccc(NC(=O)C2CC(=O)N(Cc3ccco3)C2)c1. The van der Waals surface area contributed by atoms with E-state index in [1.807, 2.05) is 24.5 Å². The summed E-state index contributed by atoms with van der Waals surface area (Å²) in [6, 6.07) is 10.9. The Morgan fingerprint density at radius 3 is 3.04 bits per heavy atom. The van der Waals surface area contributed by atoms with Gasteiger partial charge in [-0.2, -0.15) is 4.68 Å². The first kappa shape index (κ1) is 18.2. The molecule has 1 N–H and O–H groups in total. The first-order valence-corrected chi connectivity index (χ1v) is 9.90. The lowest BCUT2D eigenvalue weighted by atomic mass is 10.1. The summed E-state index contributed by atoms with van der Waals surface area (Å²) in [7, 11) is 0. The van der Waals surface area contributed by atoms with Crippen LogP contribution >= 0.6 is 11.8 Å². The number of hydrogen-bond donors (Lipinski definition) is 1. The van der Waals surface area contributed by atoms with Crippen molar-refractivity contribution in [3.63, 3.8) is 0 Å². The third-order valence-corrected chi connectivity index (χ3v) is 5.11. The van der Waals surface area contributed by atoms with Crippen molar-refractivity contribution < 1.29 is 14.0 Å². The Balaban J connectivity index is 1.43. The second kappa shape index (κ2) is 7.85. The number of furan rings is 1. The highest BCUT2D eigenvalue weighted by molar-refractivity contribution is 7.98. The molecule has 1 atom stereocenters. The third kappa shape index (κ3) is 3.77. The molecule has 10 heteroatoms. The van der Waals surface area contributed by atoms with Crippen molar-refractivity contribution in [1.29, 1.82) is 0 Å². The molecule has 1 saturated heterocycles. The van der Waals surface area contributed by atoms with Crippen LogP contribution in [0.15, 0.2) is 52.2 Å². The molecule has 2 aromatic heterocycles. The second-order valence-corrected chi connectivity index (χ2v) is 7.15. The number of carbonyl (C=O) groups is 2. The van der Waals surface area contributed by atoms with Crippen molar-refractivity contribution in [2.24, 2.45) is 5.92 Å². The summed E-state index contributed by atoms with van der Waals surface area (Å²) in [6.45, 7) is 0.747. The zero-order valence-corrected chi connectivity index (χ0v) is 15.9. The van der Waals surface area contributed by atoms with E-state index in [4.69, 9.17) is 4.42 Å². The lowest BCUT2D eigenvalue weighted by molar-refractivity contribution is -0.128. The quantitative estimate of drug-likeness (QED) is 0.633. The monoisotopic (exact) mass is 398 g/mol. The van der Waals surface area contributed by atoms with E-state index in [1.54, 1.807) is 34.0 Å². The Labute approximate surface area is 165 Å². The number of tetrazole rings is 1. The van der Waals surface area contributed by atoms with Crippen molar-refractivity contribution in [3.05, 3.63) is 48.4 Å². The van der Waals surface area contributed by atoms with Gasteiger partial charge in [0.15, 0.2) is 0 Å². The molecule has 1 aromatic carbocycles. The van der Waals surface area contributed by atoms with Gasteiger partial charge in [0, 0.05) is 18.7 Å². The molecular formula is C18H18N6O3S. The summed E-state index contributed by atoms with van der Waals surface area (Å²) in [5.74, 6) is 0.0620. The number of rotatable bonds is 6. The van der Waals surface area contributed by atoms with Gasteiger partial charge in [-0.1, -0.05) is 17.8 Å². The van der Waals surface area contributed by atoms with Gasteiger partial charge in [-0.25, -0.2) is 0 Å². The number of thioether (sulfide) groups is 1. The Bertz CT molecular complexity index is 987. The van der Waals surface area contributed by atoms with E-state index in [2.05, 4.69) is 20.8 Å². The number of aromatic nitrogens is 4. The number of benzene rings is 1. The highest BCUT2D eigenvalue weighted by Gasteiger charge is 2.34. The third-order valence-electron chi connectivity index (χ3n) is 4.49. The van der Waals surface area contributed by atoms with Crippen LogP contribution in [0.3, 0.4) is 0 Å². The summed E-state index contributed by atoms with van der Waals surface area (Å²) in [6.07, 6.45) is 3.65. The fourth-order valence-corrected chi connectivity index (χ4v) is 3.55. The molecule has 0 spiro atoms. The van der Waals surface area contributed by atoms with E-state index in [9.17, 15) is 9.59 Å². The van der Waals surface area contributed by atoms with Crippen LogP contribution in [0.25, 0.3) is 5.69 Å².